The summed E-state index contributed by atoms with van der Waals surface area (Å²) in [6, 6.07) is 0. The van der Waals surface area contributed by atoms with Crippen molar-refractivity contribution < 1.29 is 13.2 Å². The zero-order chi connectivity index (χ0) is 9.90. The molecule has 0 atom stereocenters. The minimum absolute atomic E-state index is 0.116. The number of terminal acetylenes is 1. The summed E-state index contributed by atoms with van der Waals surface area (Å²) in [4.78, 5) is 0. The highest BCUT2D eigenvalue weighted by Gasteiger charge is 2.35. The quantitative estimate of drug-likeness (QED) is 0.706. The van der Waals surface area contributed by atoms with Crippen molar-refractivity contribution in [3.8, 4) is 12.3 Å². The first-order chi connectivity index (χ1) is 6.05. The van der Waals surface area contributed by atoms with Gasteiger partial charge in [-0.25, -0.2) is 0 Å². The van der Waals surface area contributed by atoms with Crippen molar-refractivity contribution in [1.82, 2.24) is 10.2 Å². The predicted molar refractivity (Wildman–Crippen MR) is 40.7 cm³/mol. The summed E-state index contributed by atoms with van der Waals surface area (Å²) >= 11 is 0. The van der Waals surface area contributed by atoms with Crippen LogP contribution in [0.4, 0.5) is 13.2 Å². The highest BCUT2D eigenvalue weighted by atomic mass is 19.4. The second-order valence-corrected chi connectivity index (χ2v) is 2.47. The second-order valence-electron chi connectivity index (χ2n) is 2.47. The van der Waals surface area contributed by atoms with Crippen LogP contribution < -0.4 is 0 Å². The first-order valence-electron chi connectivity index (χ1n) is 3.58. The van der Waals surface area contributed by atoms with Crippen LogP contribution in [0.3, 0.4) is 0 Å². The molecule has 0 unspecified atom stereocenters. The highest BCUT2D eigenvalue weighted by Crippen LogP contribution is 2.30. The molecule has 1 rings (SSSR count). The van der Waals surface area contributed by atoms with Crippen LogP contribution >= 0.6 is 0 Å². The van der Waals surface area contributed by atoms with E-state index in [2.05, 4.69) is 11.0 Å². The van der Waals surface area contributed by atoms with Crippen molar-refractivity contribution in [2.24, 2.45) is 0 Å². The van der Waals surface area contributed by atoms with Crippen molar-refractivity contribution in [1.29, 1.82) is 0 Å². The summed E-state index contributed by atoms with van der Waals surface area (Å²) in [6.07, 6.45) is 2.20. The zero-order valence-corrected chi connectivity index (χ0v) is 6.65. The van der Waals surface area contributed by atoms with Crippen LogP contribution in [0.2, 0.25) is 0 Å². The van der Waals surface area contributed by atoms with Gasteiger partial charge in [-0.15, -0.1) is 12.3 Å². The Balaban J connectivity index is 2.85. The molecule has 0 aliphatic rings. The van der Waals surface area contributed by atoms with Crippen molar-refractivity contribution in [2.75, 3.05) is 0 Å². The molecular weight excluding hydrogens is 181 g/mol. The molecule has 70 valence electrons. The molecule has 0 aliphatic carbocycles. The van der Waals surface area contributed by atoms with E-state index in [0.29, 0.717) is 0 Å². The van der Waals surface area contributed by atoms with Gasteiger partial charge in [0.05, 0.1) is 6.20 Å². The van der Waals surface area contributed by atoms with Gasteiger partial charge in [0.15, 0.2) is 0 Å². The highest BCUT2D eigenvalue weighted by molar-refractivity contribution is 5.20. The van der Waals surface area contributed by atoms with E-state index in [1.807, 2.05) is 5.10 Å². The summed E-state index contributed by atoms with van der Waals surface area (Å²) in [5.74, 6) is 2.28. The third kappa shape index (κ3) is 2.25. The monoisotopic (exact) mass is 188 g/mol. The third-order valence-corrected chi connectivity index (χ3v) is 1.54. The normalized spacial score (nSPS) is 11.2. The molecule has 0 spiro atoms. The Hall–Kier alpha value is -1.44. The number of aromatic amines is 1. The Morgan fingerprint density at radius 3 is 2.77 bits per heavy atom. The van der Waals surface area contributed by atoms with E-state index in [9.17, 15) is 13.2 Å². The fourth-order valence-electron chi connectivity index (χ4n) is 0.953. The van der Waals surface area contributed by atoms with E-state index in [-0.39, 0.29) is 18.4 Å². The molecule has 2 nitrogen and oxygen atoms in total. The molecule has 0 saturated carbocycles. The molecular formula is C8H7F3N2. The molecule has 0 radical (unpaired) electrons. The van der Waals surface area contributed by atoms with Crippen molar-refractivity contribution in [2.45, 2.75) is 19.0 Å². The van der Waals surface area contributed by atoms with Gasteiger partial charge < -0.3 is 0 Å². The van der Waals surface area contributed by atoms with Crippen LogP contribution in [0, 0.1) is 12.3 Å². The summed E-state index contributed by atoms with van der Waals surface area (Å²) in [5.41, 5.74) is -0.687. The Labute approximate surface area is 73.1 Å². The maximum atomic E-state index is 12.2. The Morgan fingerprint density at radius 1 is 1.54 bits per heavy atom. The van der Waals surface area contributed by atoms with Gasteiger partial charge in [-0.3, -0.25) is 5.10 Å². The number of nitrogens with zero attached hydrogens (tertiary/aromatic N) is 1. The Bertz CT molecular complexity index is 319. The van der Waals surface area contributed by atoms with Crippen LogP contribution in [-0.4, -0.2) is 10.2 Å². The lowest BCUT2D eigenvalue weighted by atomic mass is 10.1. The molecule has 0 saturated heterocycles. The Morgan fingerprint density at radius 2 is 2.23 bits per heavy atom. The molecule has 13 heavy (non-hydrogen) atoms. The number of aromatic nitrogens is 2. The van der Waals surface area contributed by atoms with Crippen molar-refractivity contribution in [3.63, 3.8) is 0 Å². The average Bonchev–Trinajstić information content (AvgIpc) is 2.47. The fourth-order valence-corrected chi connectivity index (χ4v) is 0.953. The molecule has 1 aromatic heterocycles. The lowest BCUT2D eigenvalue weighted by Crippen LogP contribution is -2.08. The lowest BCUT2D eigenvalue weighted by molar-refractivity contribution is -0.141. The van der Waals surface area contributed by atoms with E-state index in [1.165, 1.54) is 0 Å². The topological polar surface area (TPSA) is 28.7 Å². The van der Waals surface area contributed by atoms with Crippen LogP contribution in [0.1, 0.15) is 17.7 Å². The number of rotatable bonds is 2. The first-order valence-corrected chi connectivity index (χ1v) is 3.58. The zero-order valence-electron chi connectivity index (χ0n) is 6.65. The number of hydrogen-bond donors (Lipinski definition) is 1. The maximum Gasteiger partial charge on any atom is 0.433 e. The van der Waals surface area contributed by atoms with Gasteiger partial charge in [0.2, 0.25) is 0 Å². The minimum atomic E-state index is -4.37. The molecule has 0 bridgehead atoms. The van der Waals surface area contributed by atoms with Gasteiger partial charge in [0.1, 0.15) is 5.69 Å². The average molecular weight is 188 g/mol. The van der Waals surface area contributed by atoms with Crippen molar-refractivity contribution in [3.05, 3.63) is 17.5 Å². The molecule has 0 aromatic carbocycles. The number of nitrogens with one attached hydrogen (secondary N) is 1. The Kier molecular flexibility index (Phi) is 2.61. The van der Waals surface area contributed by atoms with Gasteiger partial charge in [0, 0.05) is 12.0 Å². The summed E-state index contributed by atoms with van der Waals surface area (Å²) < 4.78 is 36.6. The van der Waals surface area contributed by atoms with E-state index >= 15 is 0 Å². The predicted octanol–water partition coefficient (Wildman–Crippen LogP) is 1.99. The minimum Gasteiger partial charge on any atom is -0.273 e. The van der Waals surface area contributed by atoms with E-state index < -0.39 is 11.9 Å². The molecule has 0 amide bonds. The van der Waals surface area contributed by atoms with Gasteiger partial charge in [-0.05, 0) is 6.42 Å². The fraction of sp³-hybridized carbons (Fsp3) is 0.375. The number of halogens is 3. The molecule has 0 aliphatic heterocycles. The van der Waals surface area contributed by atoms with E-state index in [4.69, 9.17) is 6.42 Å². The molecule has 1 aromatic rings. The summed E-state index contributed by atoms with van der Waals surface area (Å²) in [5, 5.41) is 5.24. The van der Waals surface area contributed by atoms with Crippen molar-refractivity contribution >= 4 is 0 Å². The van der Waals surface area contributed by atoms with E-state index in [1.54, 1.807) is 0 Å². The van der Waals surface area contributed by atoms with Crippen LogP contribution in [0.5, 0.6) is 0 Å². The second kappa shape index (κ2) is 3.52. The summed E-state index contributed by atoms with van der Waals surface area (Å²) in [6.45, 7) is 0. The smallest absolute Gasteiger partial charge is 0.273 e. The van der Waals surface area contributed by atoms with Gasteiger partial charge in [0.25, 0.3) is 0 Å². The first kappa shape index (κ1) is 9.65. The number of hydrogen-bond acceptors (Lipinski definition) is 1. The van der Waals surface area contributed by atoms with Gasteiger partial charge in [-0.2, -0.15) is 18.3 Å². The number of aryl methyl sites for hydroxylation is 1. The lowest BCUT2D eigenvalue weighted by Gasteiger charge is -2.04. The molecule has 5 heteroatoms. The molecule has 1 heterocycles. The third-order valence-electron chi connectivity index (χ3n) is 1.54. The largest absolute Gasteiger partial charge is 0.433 e. The van der Waals surface area contributed by atoms with E-state index in [0.717, 1.165) is 6.20 Å². The van der Waals surface area contributed by atoms with Crippen LogP contribution in [0.25, 0.3) is 0 Å². The standard InChI is InChI=1S/C8H7F3N2/c1-2-3-4-6-5-12-13-7(6)8(9,10)11/h1,5H,3-4H2,(H,12,13). The number of alkyl halides is 3. The van der Waals surface area contributed by atoms with Gasteiger partial charge >= 0.3 is 6.18 Å². The number of H-pyrrole nitrogens is 1. The SMILES string of the molecule is C#CCCc1cn[nH]c1C(F)(F)F. The summed E-state index contributed by atoms with van der Waals surface area (Å²) in [7, 11) is 0. The van der Waals surface area contributed by atoms with Crippen LogP contribution in [0.15, 0.2) is 6.20 Å². The maximum absolute atomic E-state index is 12.2. The van der Waals surface area contributed by atoms with Crippen LogP contribution in [-0.2, 0) is 12.6 Å². The van der Waals surface area contributed by atoms with Gasteiger partial charge in [-0.1, -0.05) is 0 Å². The molecule has 0 fully saturated rings. The molecule has 1 N–H and O–H groups in total.